The van der Waals surface area contributed by atoms with Gasteiger partial charge in [-0.15, -0.1) is 0 Å². The molecule has 0 saturated carbocycles. The minimum atomic E-state index is -0.0572. The minimum Gasteiger partial charge on any atom is -0.464 e. The van der Waals surface area contributed by atoms with Crippen LogP contribution >= 0.6 is 0 Å². The molecule has 0 bridgehead atoms. The van der Waals surface area contributed by atoms with Crippen LogP contribution in [0, 0.1) is 0 Å². The Hall–Kier alpha value is -7.62. The average Bonchev–Trinajstić information content (AvgIpc) is 3.78. The standard InChI is InChI=1S/C57H41NO2/c1-37-12-8-9-35-59-55-45(37)15-10-16-46(55)39-23-30-43(31-24-39)58(44-32-25-40(26-33-44)47-17-11-18-51-50-14-5-7-20-54(50)60-56(47)51)42-28-21-38(22-29-42)41-27-34-49-48-13-4-6-19-52(48)57(2,3)53(49)36-41/h4-36H,1H2,2-3H3/b12-8-,35-9-. The highest BCUT2D eigenvalue weighted by molar-refractivity contribution is 6.09. The maximum atomic E-state index is 6.42. The zero-order valence-electron chi connectivity index (χ0n) is 33.5. The number of fused-ring (bicyclic) bond motifs is 7. The second kappa shape index (κ2) is 14.0. The van der Waals surface area contributed by atoms with Crippen LogP contribution in [-0.4, -0.2) is 0 Å². The van der Waals surface area contributed by atoms with Crippen molar-refractivity contribution in [1.82, 2.24) is 0 Å². The number of furan rings is 1. The van der Waals surface area contributed by atoms with Gasteiger partial charge in [0.1, 0.15) is 16.9 Å². The summed E-state index contributed by atoms with van der Waals surface area (Å²) in [4.78, 5) is 2.32. The predicted octanol–water partition coefficient (Wildman–Crippen LogP) is 15.8. The molecule has 0 saturated heterocycles. The molecule has 60 heavy (non-hydrogen) atoms. The summed E-state index contributed by atoms with van der Waals surface area (Å²) in [5.74, 6) is 0.803. The quantitative estimate of drug-likeness (QED) is 0.168. The molecular formula is C57H41NO2. The summed E-state index contributed by atoms with van der Waals surface area (Å²) >= 11 is 0. The van der Waals surface area contributed by atoms with Crippen molar-refractivity contribution in [3.63, 3.8) is 0 Å². The Morgan fingerprint density at radius 1 is 0.467 bits per heavy atom. The number of para-hydroxylation sites is 3. The first-order chi connectivity index (χ1) is 29.4. The summed E-state index contributed by atoms with van der Waals surface area (Å²) in [5.41, 5.74) is 18.9. The van der Waals surface area contributed by atoms with Gasteiger partial charge in [-0.1, -0.05) is 160 Å². The lowest BCUT2D eigenvalue weighted by Gasteiger charge is -2.26. The number of nitrogens with zero attached hydrogens (tertiary/aromatic N) is 1. The van der Waals surface area contributed by atoms with Crippen LogP contribution in [0.2, 0.25) is 0 Å². The van der Waals surface area contributed by atoms with Gasteiger partial charge in [0.05, 0.1) is 6.26 Å². The van der Waals surface area contributed by atoms with Crippen LogP contribution in [-0.2, 0) is 5.41 Å². The Bertz CT molecular complexity index is 3200. The molecule has 3 nitrogen and oxygen atoms in total. The van der Waals surface area contributed by atoms with Gasteiger partial charge in [0.25, 0.3) is 0 Å². The number of ether oxygens (including phenoxy) is 1. The molecule has 0 amide bonds. The molecule has 2 heterocycles. The number of hydrogen-bond acceptors (Lipinski definition) is 3. The lowest BCUT2D eigenvalue weighted by Crippen LogP contribution is -2.14. The van der Waals surface area contributed by atoms with Crippen LogP contribution in [0.1, 0.15) is 30.5 Å². The van der Waals surface area contributed by atoms with Gasteiger partial charge < -0.3 is 14.1 Å². The zero-order chi connectivity index (χ0) is 40.4. The number of anilines is 3. The van der Waals surface area contributed by atoms with E-state index in [1.807, 2.05) is 30.4 Å². The summed E-state index contributed by atoms with van der Waals surface area (Å²) in [6.45, 7) is 8.96. The second-order valence-electron chi connectivity index (χ2n) is 16.2. The fraction of sp³-hybridized carbons (Fsp3) is 0.0526. The van der Waals surface area contributed by atoms with Crippen molar-refractivity contribution in [1.29, 1.82) is 0 Å². The van der Waals surface area contributed by atoms with Crippen molar-refractivity contribution < 1.29 is 9.15 Å². The normalized spacial score (nSPS) is 14.7. The molecule has 0 unspecified atom stereocenters. The molecule has 2 aliphatic rings. The number of hydrogen-bond donors (Lipinski definition) is 0. The Balaban J connectivity index is 0.980. The molecule has 1 aliphatic carbocycles. The zero-order valence-corrected chi connectivity index (χ0v) is 33.5. The van der Waals surface area contributed by atoms with E-state index < -0.39 is 0 Å². The molecule has 11 rings (SSSR count). The molecule has 0 N–H and O–H groups in total. The molecule has 286 valence electrons. The molecule has 0 spiro atoms. The SMILES string of the molecule is C=C1/C=C\C=C/Oc2c1cccc2-c1ccc(N(c2ccc(-c3ccc4c(c3)C(C)(C)c3ccccc3-4)cc2)c2ccc(-c3cccc4c3oc3ccccc34)cc2)cc1. The fourth-order valence-corrected chi connectivity index (χ4v) is 9.25. The highest BCUT2D eigenvalue weighted by atomic mass is 16.5. The van der Waals surface area contributed by atoms with E-state index in [-0.39, 0.29) is 5.41 Å². The van der Waals surface area contributed by atoms with Gasteiger partial charge in [0.2, 0.25) is 0 Å². The summed E-state index contributed by atoms with van der Waals surface area (Å²) in [6.07, 6.45) is 7.58. The molecule has 0 atom stereocenters. The van der Waals surface area contributed by atoms with E-state index in [4.69, 9.17) is 9.15 Å². The third kappa shape index (κ3) is 5.81. The summed E-state index contributed by atoms with van der Waals surface area (Å²) in [7, 11) is 0. The van der Waals surface area contributed by atoms with Gasteiger partial charge in [-0.3, -0.25) is 0 Å². The van der Waals surface area contributed by atoms with E-state index in [0.29, 0.717) is 0 Å². The van der Waals surface area contributed by atoms with E-state index >= 15 is 0 Å². The first-order valence-electron chi connectivity index (χ1n) is 20.5. The Morgan fingerprint density at radius 3 is 1.80 bits per heavy atom. The van der Waals surface area contributed by atoms with E-state index in [2.05, 4.69) is 189 Å². The number of benzene rings is 8. The van der Waals surface area contributed by atoms with Gasteiger partial charge >= 0.3 is 0 Å². The molecule has 1 aliphatic heterocycles. The van der Waals surface area contributed by atoms with Crippen molar-refractivity contribution in [3.05, 3.63) is 224 Å². The van der Waals surface area contributed by atoms with Crippen LogP contribution in [0.3, 0.4) is 0 Å². The molecule has 8 aromatic carbocycles. The maximum absolute atomic E-state index is 6.42. The van der Waals surface area contributed by atoms with E-state index in [1.54, 1.807) is 6.26 Å². The van der Waals surface area contributed by atoms with Crippen molar-refractivity contribution in [2.75, 3.05) is 4.90 Å². The third-order valence-electron chi connectivity index (χ3n) is 12.4. The maximum Gasteiger partial charge on any atom is 0.143 e. The molecule has 0 fully saturated rings. The van der Waals surface area contributed by atoms with Crippen LogP contribution in [0.5, 0.6) is 5.75 Å². The monoisotopic (exact) mass is 771 g/mol. The topological polar surface area (TPSA) is 25.6 Å². The van der Waals surface area contributed by atoms with Gasteiger partial charge in [-0.25, -0.2) is 0 Å². The first kappa shape index (κ1) is 35.5. The van der Waals surface area contributed by atoms with Crippen molar-refractivity contribution >= 4 is 44.6 Å². The predicted molar refractivity (Wildman–Crippen MR) is 250 cm³/mol. The lowest BCUT2D eigenvalue weighted by atomic mass is 9.81. The summed E-state index contributed by atoms with van der Waals surface area (Å²) < 4.78 is 12.6. The average molecular weight is 772 g/mol. The van der Waals surface area contributed by atoms with Crippen LogP contribution < -0.4 is 9.64 Å². The Kier molecular flexibility index (Phi) is 8.31. The van der Waals surface area contributed by atoms with E-state index in [1.165, 1.54) is 33.4 Å². The van der Waals surface area contributed by atoms with Crippen LogP contribution in [0.4, 0.5) is 17.1 Å². The van der Waals surface area contributed by atoms with Crippen LogP contribution in [0.25, 0.3) is 72.0 Å². The smallest absolute Gasteiger partial charge is 0.143 e. The van der Waals surface area contributed by atoms with Crippen molar-refractivity contribution in [2.45, 2.75) is 19.3 Å². The van der Waals surface area contributed by atoms with Crippen LogP contribution in [0.15, 0.2) is 211 Å². The fourth-order valence-electron chi connectivity index (χ4n) is 9.25. The van der Waals surface area contributed by atoms with Gasteiger partial charge in [0.15, 0.2) is 0 Å². The summed E-state index contributed by atoms with van der Waals surface area (Å²) in [5, 5.41) is 2.25. The van der Waals surface area contributed by atoms with Gasteiger partial charge in [-0.05, 0) is 105 Å². The van der Waals surface area contributed by atoms with Gasteiger partial charge in [-0.2, -0.15) is 0 Å². The highest BCUT2D eigenvalue weighted by Gasteiger charge is 2.35. The molecule has 0 radical (unpaired) electrons. The largest absolute Gasteiger partial charge is 0.464 e. The van der Waals surface area contributed by atoms with E-state index in [9.17, 15) is 0 Å². The Labute approximate surface area is 350 Å². The molecule has 9 aromatic rings. The first-order valence-corrected chi connectivity index (χ1v) is 20.5. The highest BCUT2D eigenvalue weighted by Crippen LogP contribution is 2.50. The number of allylic oxidation sites excluding steroid dienone is 4. The van der Waals surface area contributed by atoms with Crippen molar-refractivity contribution in [3.8, 4) is 50.3 Å². The third-order valence-corrected chi connectivity index (χ3v) is 12.4. The molecule has 3 heteroatoms. The number of rotatable bonds is 6. The molecular weight excluding hydrogens is 731 g/mol. The van der Waals surface area contributed by atoms with Crippen molar-refractivity contribution in [2.24, 2.45) is 0 Å². The lowest BCUT2D eigenvalue weighted by molar-refractivity contribution is 0.481. The summed E-state index contributed by atoms with van der Waals surface area (Å²) in [6, 6.07) is 63.2. The Morgan fingerprint density at radius 2 is 1.03 bits per heavy atom. The second-order valence-corrected chi connectivity index (χ2v) is 16.2. The minimum absolute atomic E-state index is 0.0572. The molecule has 1 aromatic heterocycles. The van der Waals surface area contributed by atoms with E-state index in [0.717, 1.165) is 78.1 Å². The van der Waals surface area contributed by atoms with Gasteiger partial charge in [0, 0.05) is 49.9 Å².